The summed E-state index contributed by atoms with van der Waals surface area (Å²) >= 11 is 12.0. The number of rotatable bonds is 6. The molecule has 0 fully saturated rings. The molecule has 15 heteroatoms. The third-order valence-corrected chi connectivity index (χ3v) is 6.09. The summed E-state index contributed by atoms with van der Waals surface area (Å²) in [6.07, 6.45) is -7.24. The molecule has 0 bridgehead atoms. The molecule has 9 nitrogen and oxygen atoms in total. The maximum absolute atomic E-state index is 13.8. The summed E-state index contributed by atoms with van der Waals surface area (Å²) in [7, 11) is 1.41. The minimum absolute atomic E-state index is 0.00454. The van der Waals surface area contributed by atoms with Crippen LogP contribution in [0.1, 0.15) is 18.6 Å². The number of halogens is 6. The van der Waals surface area contributed by atoms with Crippen molar-refractivity contribution in [2.75, 3.05) is 0 Å². The van der Waals surface area contributed by atoms with E-state index in [-0.39, 0.29) is 38.5 Å². The number of aromatic amines is 1. The molecule has 4 rings (SSSR count). The van der Waals surface area contributed by atoms with Gasteiger partial charge in [0.2, 0.25) is 5.88 Å². The van der Waals surface area contributed by atoms with E-state index in [1.54, 1.807) is 13.0 Å². The van der Waals surface area contributed by atoms with Gasteiger partial charge in [-0.2, -0.15) is 13.2 Å². The average molecular weight is 562 g/mol. The molecular weight excluding hydrogens is 545 g/mol. The fraction of sp³-hybridized carbons (Fsp3) is 0.273. The second kappa shape index (κ2) is 9.80. The number of nitrogens with zero attached hydrogens (tertiary/aromatic N) is 4. The van der Waals surface area contributed by atoms with Gasteiger partial charge in [0.25, 0.3) is 5.56 Å². The lowest BCUT2D eigenvalue weighted by Gasteiger charge is -2.16. The fourth-order valence-corrected chi connectivity index (χ4v) is 3.91. The quantitative estimate of drug-likeness (QED) is 0.344. The predicted octanol–water partition coefficient (Wildman–Crippen LogP) is 3.99. The first-order valence-electron chi connectivity index (χ1n) is 10.5. The predicted molar refractivity (Wildman–Crippen MR) is 126 cm³/mol. The van der Waals surface area contributed by atoms with Crippen LogP contribution in [0.3, 0.4) is 0 Å². The lowest BCUT2D eigenvalue weighted by atomic mass is 10.1. The number of aromatic nitrogens is 5. The lowest BCUT2D eigenvalue weighted by Crippen LogP contribution is -2.39. The van der Waals surface area contributed by atoms with Crippen LogP contribution in [0.2, 0.25) is 10.0 Å². The van der Waals surface area contributed by atoms with Gasteiger partial charge >= 0.3 is 11.9 Å². The highest BCUT2D eigenvalue weighted by Crippen LogP contribution is 2.32. The summed E-state index contributed by atoms with van der Waals surface area (Å²) in [5.41, 5.74) is -1.92. The molecule has 3 aromatic heterocycles. The van der Waals surface area contributed by atoms with Gasteiger partial charge in [-0.05, 0) is 30.7 Å². The first kappa shape index (κ1) is 26.6. The zero-order valence-electron chi connectivity index (χ0n) is 19.0. The van der Waals surface area contributed by atoms with Gasteiger partial charge in [-0.3, -0.25) is 14.3 Å². The van der Waals surface area contributed by atoms with Crippen molar-refractivity contribution in [3.63, 3.8) is 0 Å². The topological polar surface area (TPSA) is 115 Å². The van der Waals surface area contributed by atoms with Crippen LogP contribution in [0.5, 0.6) is 5.88 Å². The minimum atomic E-state index is -5.00. The SMILES string of the molecule is CC(Oc1ncc(-c2nc3c(c(=O)[nH]c(=O)n3CC(O)C(F)(F)F)n2C)cc1Cl)c1ccc(Cl)c(F)c1. The zero-order chi connectivity index (χ0) is 27.2. The highest BCUT2D eigenvalue weighted by atomic mass is 35.5. The smallest absolute Gasteiger partial charge is 0.416 e. The van der Waals surface area contributed by atoms with Crippen molar-refractivity contribution in [3.05, 3.63) is 72.7 Å². The van der Waals surface area contributed by atoms with Gasteiger partial charge < -0.3 is 14.4 Å². The molecule has 37 heavy (non-hydrogen) atoms. The van der Waals surface area contributed by atoms with Gasteiger partial charge in [0, 0.05) is 18.8 Å². The molecule has 2 unspecified atom stereocenters. The number of fused-ring (bicyclic) bond motifs is 1. The standard InChI is InChI=1S/C22H17Cl2F4N5O4/c1-9(10-3-4-12(23)14(25)6-10)37-20-13(24)5-11(7-29-20)17-30-18-16(32(17)2)19(35)31-21(36)33(18)8-15(34)22(26,27)28/h3-7,9,15,34H,8H2,1-2H3,(H,31,35,36). The molecule has 0 spiro atoms. The van der Waals surface area contributed by atoms with Crippen LogP contribution in [-0.4, -0.2) is 41.5 Å². The lowest BCUT2D eigenvalue weighted by molar-refractivity contribution is -0.207. The number of H-pyrrole nitrogens is 1. The second-order valence-electron chi connectivity index (χ2n) is 8.04. The third-order valence-electron chi connectivity index (χ3n) is 5.51. The Morgan fingerprint density at radius 1 is 1.19 bits per heavy atom. The van der Waals surface area contributed by atoms with Crippen molar-refractivity contribution in [3.8, 4) is 17.3 Å². The highest BCUT2D eigenvalue weighted by molar-refractivity contribution is 6.32. The number of aliphatic hydroxyl groups is 1. The fourth-order valence-electron chi connectivity index (χ4n) is 3.59. The summed E-state index contributed by atoms with van der Waals surface area (Å²) < 4.78 is 59.9. The van der Waals surface area contributed by atoms with Crippen LogP contribution in [0.25, 0.3) is 22.6 Å². The summed E-state index contributed by atoms with van der Waals surface area (Å²) in [5.74, 6) is -0.577. The van der Waals surface area contributed by atoms with Gasteiger partial charge in [0.05, 0.1) is 11.6 Å². The highest BCUT2D eigenvalue weighted by Gasteiger charge is 2.39. The van der Waals surface area contributed by atoms with Gasteiger partial charge in [0.1, 0.15) is 22.8 Å². The Hall–Kier alpha value is -3.42. The maximum atomic E-state index is 13.8. The number of hydrogen-bond acceptors (Lipinski definition) is 6. The van der Waals surface area contributed by atoms with Crippen molar-refractivity contribution >= 4 is 34.4 Å². The molecule has 1 aromatic carbocycles. The summed E-state index contributed by atoms with van der Waals surface area (Å²) in [6, 6.07) is 5.55. The largest absolute Gasteiger partial charge is 0.469 e. The molecule has 2 atom stereocenters. The molecule has 0 aliphatic rings. The van der Waals surface area contributed by atoms with E-state index in [9.17, 15) is 32.3 Å². The molecule has 0 aliphatic carbocycles. The Morgan fingerprint density at radius 3 is 2.51 bits per heavy atom. The Bertz CT molecular complexity index is 1620. The minimum Gasteiger partial charge on any atom is -0.469 e. The summed E-state index contributed by atoms with van der Waals surface area (Å²) in [6.45, 7) is 0.460. The van der Waals surface area contributed by atoms with E-state index in [0.29, 0.717) is 10.1 Å². The van der Waals surface area contributed by atoms with Crippen LogP contribution in [0, 0.1) is 5.82 Å². The molecule has 0 radical (unpaired) electrons. The number of imidazole rings is 1. The van der Waals surface area contributed by atoms with E-state index in [0.717, 1.165) is 0 Å². The van der Waals surface area contributed by atoms with E-state index < -0.39 is 42.0 Å². The molecule has 0 saturated carbocycles. The number of pyridine rings is 1. The van der Waals surface area contributed by atoms with Crippen LogP contribution in [0.4, 0.5) is 17.6 Å². The number of nitrogens with one attached hydrogen (secondary N) is 1. The van der Waals surface area contributed by atoms with E-state index in [4.69, 9.17) is 27.9 Å². The number of hydrogen-bond donors (Lipinski definition) is 2. The molecule has 4 aromatic rings. The Morgan fingerprint density at radius 2 is 1.89 bits per heavy atom. The molecule has 0 amide bonds. The first-order chi connectivity index (χ1) is 17.3. The van der Waals surface area contributed by atoms with Crippen molar-refractivity contribution in [2.45, 2.75) is 31.9 Å². The molecule has 3 heterocycles. The van der Waals surface area contributed by atoms with Crippen molar-refractivity contribution in [1.82, 2.24) is 24.1 Å². The van der Waals surface area contributed by atoms with Gasteiger partial charge in [0.15, 0.2) is 17.3 Å². The number of aryl methyl sites for hydroxylation is 1. The number of benzene rings is 1. The zero-order valence-corrected chi connectivity index (χ0v) is 20.5. The molecule has 196 valence electrons. The Balaban J connectivity index is 1.71. The Kier molecular flexibility index (Phi) is 7.06. The summed E-state index contributed by atoms with van der Waals surface area (Å²) in [5, 5.41) is 9.43. The van der Waals surface area contributed by atoms with Crippen LogP contribution >= 0.6 is 23.2 Å². The third kappa shape index (κ3) is 5.20. The molecule has 2 N–H and O–H groups in total. The second-order valence-corrected chi connectivity index (χ2v) is 8.85. The number of aliphatic hydroxyl groups excluding tert-OH is 1. The molecule has 0 aliphatic heterocycles. The van der Waals surface area contributed by atoms with Crippen LogP contribution in [0.15, 0.2) is 40.1 Å². The van der Waals surface area contributed by atoms with Gasteiger partial charge in [-0.1, -0.05) is 29.3 Å². The Labute approximate surface area is 214 Å². The van der Waals surface area contributed by atoms with E-state index >= 15 is 0 Å². The van der Waals surface area contributed by atoms with Gasteiger partial charge in [-0.25, -0.2) is 19.2 Å². The molecular formula is C22H17Cl2F4N5O4. The summed E-state index contributed by atoms with van der Waals surface area (Å²) in [4.78, 5) is 34.9. The maximum Gasteiger partial charge on any atom is 0.416 e. The average Bonchev–Trinajstić information content (AvgIpc) is 3.16. The monoisotopic (exact) mass is 561 g/mol. The van der Waals surface area contributed by atoms with Crippen LogP contribution in [-0.2, 0) is 13.6 Å². The van der Waals surface area contributed by atoms with Crippen LogP contribution < -0.4 is 16.0 Å². The van der Waals surface area contributed by atoms with Crippen molar-refractivity contribution in [2.24, 2.45) is 7.05 Å². The number of ether oxygens (including phenoxy) is 1. The van der Waals surface area contributed by atoms with Crippen molar-refractivity contribution in [1.29, 1.82) is 0 Å². The van der Waals surface area contributed by atoms with E-state index in [1.165, 1.54) is 36.0 Å². The normalized spacial score (nSPS) is 13.6. The number of alkyl halides is 3. The van der Waals surface area contributed by atoms with E-state index in [1.807, 2.05) is 4.98 Å². The first-order valence-corrected chi connectivity index (χ1v) is 11.2. The van der Waals surface area contributed by atoms with Gasteiger partial charge in [-0.15, -0.1) is 0 Å². The van der Waals surface area contributed by atoms with E-state index in [2.05, 4.69) is 9.97 Å². The molecule has 0 saturated heterocycles. The van der Waals surface area contributed by atoms with Crippen molar-refractivity contribution < 1.29 is 27.4 Å².